The number of esters is 1. The highest BCUT2D eigenvalue weighted by molar-refractivity contribution is 5.72. The third kappa shape index (κ3) is 7.98. The molecule has 2 aliphatic rings. The van der Waals surface area contributed by atoms with Crippen LogP contribution < -0.4 is 4.74 Å². The van der Waals surface area contributed by atoms with Crippen LogP contribution >= 0.6 is 0 Å². The molecule has 0 aliphatic heterocycles. The van der Waals surface area contributed by atoms with Gasteiger partial charge in [0.25, 0.3) is 0 Å². The molecule has 3 nitrogen and oxygen atoms in total. The van der Waals surface area contributed by atoms with Crippen molar-refractivity contribution in [2.24, 2.45) is 17.8 Å². The molecular formula is C33H44O3. The summed E-state index contributed by atoms with van der Waals surface area (Å²) in [4.78, 5) is 12.5. The number of ether oxygens (including phenoxy) is 2. The molecule has 0 heterocycles. The zero-order chi connectivity index (χ0) is 25.2. The molecule has 4 rings (SSSR count). The van der Waals surface area contributed by atoms with Crippen LogP contribution in [0.2, 0.25) is 0 Å². The number of allylic oxidation sites excluding steroid dienone is 1. The first-order chi connectivity index (χ1) is 17.6. The maximum Gasteiger partial charge on any atom is 0.308 e. The lowest BCUT2D eigenvalue weighted by Gasteiger charge is -2.35. The Labute approximate surface area is 218 Å². The largest absolute Gasteiger partial charge is 0.494 e. The van der Waals surface area contributed by atoms with E-state index in [1.165, 1.54) is 60.8 Å². The van der Waals surface area contributed by atoms with E-state index in [9.17, 15) is 4.79 Å². The summed E-state index contributed by atoms with van der Waals surface area (Å²) < 4.78 is 11.5. The predicted molar refractivity (Wildman–Crippen MR) is 148 cm³/mol. The van der Waals surface area contributed by atoms with E-state index in [1.54, 1.807) is 0 Å². The molecule has 0 spiro atoms. The average Bonchev–Trinajstić information content (AvgIpc) is 2.91. The first-order valence-electron chi connectivity index (χ1n) is 14.2. The second-order valence-corrected chi connectivity index (χ2v) is 11.0. The fourth-order valence-electron chi connectivity index (χ4n) is 5.87. The molecule has 2 fully saturated rings. The van der Waals surface area contributed by atoms with Crippen molar-refractivity contribution < 1.29 is 14.3 Å². The summed E-state index contributed by atoms with van der Waals surface area (Å²) in [6.07, 6.45) is 13.6. The number of carbonyl (C=O) groups excluding carboxylic acids is 1. The second-order valence-electron chi connectivity index (χ2n) is 11.0. The topological polar surface area (TPSA) is 35.5 Å². The van der Waals surface area contributed by atoms with Crippen LogP contribution in [0.1, 0.15) is 82.6 Å². The molecule has 2 aromatic carbocycles. The van der Waals surface area contributed by atoms with Crippen molar-refractivity contribution in [1.82, 2.24) is 0 Å². The van der Waals surface area contributed by atoms with Crippen LogP contribution in [0.3, 0.4) is 0 Å². The number of hydrogen-bond acceptors (Lipinski definition) is 3. The molecule has 0 atom stereocenters. The van der Waals surface area contributed by atoms with Crippen molar-refractivity contribution >= 4 is 5.97 Å². The normalized spacial score (nSPS) is 20.8. The van der Waals surface area contributed by atoms with Gasteiger partial charge in [-0.1, -0.05) is 54.1 Å². The summed E-state index contributed by atoms with van der Waals surface area (Å²) in [5.74, 6) is 2.77. The Morgan fingerprint density at radius 3 is 1.94 bits per heavy atom. The van der Waals surface area contributed by atoms with Gasteiger partial charge in [-0.25, -0.2) is 0 Å². The summed E-state index contributed by atoms with van der Waals surface area (Å²) in [6.45, 7) is 7.53. The highest BCUT2D eigenvalue weighted by atomic mass is 16.5. The molecular weight excluding hydrogens is 444 g/mol. The minimum absolute atomic E-state index is 0.0443. The fourth-order valence-corrected chi connectivity index (χ4v) is 5.87. The van der Waals surface area contributed by atoms with Gasteiger partial charge in [0.05, 0.1) is 19.1 Å². The van der Waals surface area contributed by atoms with Gasteiger partial charge in [0.2, 0.25) is 0 Å². The third-order valence-corrected chi connectivity index (χ3v) is 8.30. The van der Waals surface area contributed by atoms with Gasteiger partial charge < -0.3 is 9.47 Å². The van der Waals surface area contributed by atoms with Crippen LogP contribution in [-0.4, -0.2) is 19.2 Å². The Morgan fingerprint density at radius 2 is 1.31 bits per heavy atom. The van der Waals surface area contributed by atoms with Crippen molar-refractivity contribution in [1.29, 1.82) is 0 Å². The van der Waals surface area contributed by atoms with Crippen molar-refractivity contribution in [3.05, 3.63) is 66.2 Å². The number of benzene rings is 2. The second kappa shape index (κ2) is 13.7. The number of unbranched alkanes of at least 4 members (excludes halogenated alkanes) is 3. The number of carbonyl (C=O) groups is 1. The molecule has 0 saturated heterocycles. The molecule has 3 heteroatoms. The average molecular weight is 489 g/mol. The van der Waals surface area contributed by atoms with Gasteiger partial charge in [-0.15, -0.1) is 0 Å². The lowest BCUT2D eigenvalue weighted by molar-refractivity contribution is -0.150. The van der Waals surface area contributed by atoms with Gasteiger partial charge >= 0.3 is 5.97 Å². The standard InChI is InChI=1S/C33H44O3/c1-25-7-11-27(12-8-25)29-15-17-31(18-16-29)33(34)36-24-6-4-3-5-23-35-32-21-19-30(20-22-32)28-13-9-26(2)10-14-28/h9-10,13-14,19-22,27,29,31H,1,3-8,11-12,15-18,23-24H2,2H3. The van der Waals surface area contributed by atoms with E-state index in [1.807, 2.05) is 12.1 Å². The molecule has 0 N–H and O–H groups in total. The molecule has 194 valence electrons. The highest BCUT2D eigenvalue weighted by Crippen LogP contribution is 2.41. The van der Waals surface area contributed by atoms with Gasteiger partial charge in [0, 0.05) is 0 Å². The van der Waals surface area contributed by atoms with Crippen LogP contribution in [0.15, 0.2) is 60.7 Å². The van der Waals surface area contributed by atoms with Gasteiger partial charge in [0.1, 0.15) is 5.75 Å². The fraction of sp³-hybridized carbons (Fsp3) is 0.545. The van der Waals surface area contributed by atoms with E-state index in [0.29, 0.717) is 6.61 Å². The van der Waals surface area contributed by atoms with E-state index in [2.05, 4.69) is 49.9 Å². The lowest BCUT2D eigenvalue weighted by atomic mass is 9.70. The maximum absolute atomic E-state index is 12.5. The Kier molecular flexibility index (Phi) is 10.1. The van der Waals surface area contributed by atoms with Crippen molar-refractivity contribution in [2.75, 3.05) is 13.2 Å². The Balaban J connectivity index is 1.02. The van der Waals surface area contributed by atoms with Crippen LogP contribution in [0.25, 0.3) is 11.1 Å². The van der Waals surface area contributed by atoms with Gasteiger partial charge in [-0.05, 0) is 119 Å². The van der Waals surface area contributed by atoms with E-state index in [-0.39, 0.29) is 11.9 Å². The Bertz CT molecular complexity index is 941. The van der Waals surface area contributed by atoms with Gasteiger partial charge in [-0.3, -0.25) is 4.79 Å². The van der Waals surface area contributed by atoms with Crippen LogP contribution in [-0.2, 0) is 9.53 Å². The molecule has 2 aromatic rings. The third-order valence-electron chi connectivity index (χ3n) is 8.30. The molecule has 0 aromatic heterocycles. The first kappa shape index (κ1) is 26.5. The minimum atomic E-state index is 0.0443. The van der Waals surface area contributed by atoms with Crippen molar-refractivity contribution in [3.63, 3.8) is 0 Å². The Hall–Kier alpha value is -2.55. The summed E-state index contributed by atoms with van der Waals surface area (Å²) >= 11 is 0. The number of rotatable bonds is 11. The first-order valence-corrected chi connectivity index (χ1v) is 14.2. The van der Waals surface area contributed by atoms with Crippen LogP contribution in [0.5, 0.6) is 5.75 Å². The molecule has 0 amide bonds. The van der Waals surface area contributed by atoms with Crippen LogP contribution in [0.4, 0.5) is 0 Å². The molecule has 2 saturated carbocycles. The van der Waals surface area contributed by atoms with Crippen molar-refractivity contribution in [3.8, 4) is 16.9 Å². The van der Waals surface area contributed by atoms with E-state index in [0.717, 1.165) is 62.7 Å². The molecule has 0 bridgehead atoms. The summed E-state index contributed by atoms with van der Waals surface area (Å²) in [7, 11) is 0. The predicted octanol–water partition coefficient (Wildman–Crippen LogP) is 8.70. The van der Waals surface area contributed by atoms with E-state index >= 15 is 0 Å². The smallest absolute Gasteiger partial charge is 0.308 e. The SMILES string of the molecule is C=C1CCC(C2CCC(C(=O)OCCCCCCOc3ccc(-c4ccc(C)cc4)cc3)CC2)CC1. The monoisotopic (exact) mass is 488 g/mol. The number of aryl methyl sites for hydroxylation is 1. The van der Waals surface area contributed by atoms with Crippen molar-refractivity contribution in [2.45, 2.75) is 84.0 Å². The maximum atomic E-state index is 12.5. The Morgan fingerprint density at radius 1 is 0.750 bits per heavy atom. The van der Waals surface area contributed by atoms with Gasteiger partial charge in [0.15, 0.2) is 0 Å². The molecule has 0 radical (unpaired) electrons. The van der Waals surface area contributed by atoms with Crippen LogP contribution in [0, 0.1) is 24.7 Å². The zero-order valence-electron chi connectivity index (χ0n) is 22.2. The lowest BCUT2D eigenvalue weighted by Crippen LogP contribution is -2.28. The number of hydrogen-bond donors (Lipinski definition) is 0. The summed E-state index contributed by atoms with van der Waals surface area (Å²) in [5.41, 5.74) is 5.14. The molecule has 36 heavy (non-hydrogen) atoms. The zero-order valence-corrected chi connectivity index (χ0v) is 22.2. The minimum Gasteiger partial charge on any atom is -0.494 e. The molecule has 0 unspecified atom stereocenters. The summed E-state index contributed by atoms with van der Waals surface area (Å²) in [6, 6.07) is 16.9. The highest BCUT2D eigenvalue weighted by Gasteiger charge is 2.32. The van der Waals surface area contributed by atoms with E-state index in [4.69, 9.17) is 9.47 Å². The summed E-state index contributed by atoms with van der Waals surface area (Å²) in [5, 5.41) is 0. The van der Waals surface area contributed by atoms with E-state index < -0.39 is 0 Å². The van der Waals surface area contributed by atoms with Gasteiger partial charge in [-0.2, -0.15) is 0 Å². The molecule has 2 aliphatic carbocycles. The quantitative estimate of drug-likeness (QED) is 0.180.